The van der Waals surface area contributed by atoms with Crippen molar-refractivity contribution in [3.8, 4) is 11.8 Å². The molecule has 2 aromatic heterocycles. The van der Waals surface area contributed by atoms with Gasteiger partial charge in [0, 0.05) is 24.5 Å². The average molecular weight is 312 g/mol. The lowest BCUT2D eigenvalue weighted by Gasteiger charge is -2.37. The molecule has 2 atom stereocenters. The van der Waals surface area contributed by atoms with Crippen molar-refractivity contribution in [3.63, 3.8) is 0 Å². The van der Waals surface area contributed by atoms with E-state index in [0.29, 0.717) is 50.0 Å². The van der Waals surface area contributed by atoms with Crippen LogP contribution in [0, 0.1) is 0 Å². The summed E-state index contributed by atoms with van der Waals surface area (Å²) in [5, 5.41) is 0. The van der Waals surface area contributed by atoms with Crippen LogP contribution >= 0.6 is 0 Å². The smallest absolute Gasteiger partial charge is 0.213 e. The molecule has 5 heterocycles. The maximum absolute atomic E-state index is 5.59. The molecule has 0 aromatic carbocycles. The molecule has 1 fully saturated rings. The Morgan fingerprint density at radius 1 is 0.696 bits per heavy atom. The number of hydrogen-bond acceptors (Lipinski definition) is 5. The van der Waals surface area contributed by atoms with E-state index in [0.717, 1.165) is 0 Å². The lowest BCUT2D eigenvalue weighted by molar-refractivity contribution is 0.0742. The molecular weight excluding hydrogens is 292 g/mol. The van der Waals surface area contributed by atoms with Gasteiger partial charge in [0.15, 0.2) is 0 Å². The van der Waals surface area contributed by atoms with Crippen molar-refractivity contribution in [2.75, 3.05) is 26.4 Å². The maximum Gasteiger partial charge on any atom is 0.213 e. The molecule has 1 saturated carbocycles. The van der Waals surface area contributed by atoms with E-state index in [2.05, 4.69) is 22.1 Å². The minimum atomic E-state index is 0.491. The summed E-state index contributed by atoms with van der Waals surface area (Å²) in [5.74, 6) is 2.34. The van der Waals surface area contributed by atoms with E-state index in [1.54, 1.807) is 0 Å². The third kappa shape index (κ3) is 3.15. The monoisotopic (exact) mass is 312 g/mol. The van der Waals surface area contributed by atoms with Crippen molar-refractivity contribution >= 4 is 0 Å². The van der Waals surface area contributed by atoms with E-state index in [1.807, 2.05) is 24.5 Å². The molecular formula is C18H20N2O3. The predicted octanol–water partition coefficient (Wildman–Crippen LogP) is 2.93. The van der Waals surface area contributed by atoms with Crippen molar-refractivity contribution < 1.29 is 14.2 Å². The van der Waals surface area contributed by atoms with Gasteiger partial charge in [-0.1, -0.05) is 12.1 Å². The van der Waals surface area contributed by atoms with Crippen molar-refractivity contribution in [2.45, 2.75) is 24.7 Å². The van der Waals surface area contributed by atoms with Gasteiger partial charge in [-0.3, -0.25) is 0 Å². The zero-order valence-electron chi connectivity index (χ0n) is 13.0. The van der Waals surface area contributed by atoms with E-state index >= 15 is 0 Å². The van der Waals surface area contributed by atoms with Crippen LogP contribution in [0.3, 0.4) is 0 Å². The first-order valence-corrected chi connectivity index (χ1v) is 8.15. The second-order valence-electron chi connectivity index (χ2n) is 5.96. The molecule has 2 aromatic rings. The van der Waals surface area contributed by atoms with Gasteiger partial charge >= 0.3 is 0 Å². The van der Waals surface area contributed by atoms with Gasteiger partial charge in [-0.25, -0.2) is 9.97 Å². The number of aromatic nitrogens is 2. The number of hydrogen-bond donors (Lipinski definition) is 0. The standard InChI is InChI=1S/C18H20N2O3/c1-5-17-19-11-13(1)15-3-4-16(15)14-2-6-18(20-12-14)23-10-8-21-7-9-22-17/h1-2,5-6,11-12,15-16H,3-4,7-10H2. The molecule has 0 spiro atoms. The van der Waals surface area contributed by atoms with Crippen molar-refractivity contribution in [1.82, 2.24) is 9.97 Å². The molecule has 6 rings (SSSR count). The predicted molar refractivity (Wildman–Crippen MR) is 85.0 cm³/mol. The van der Waals surface area contributed by atoms with Crippen LogP contribution in [-0.4, -0.2) is 36.4 Å². The Morgan fingerprint density at radius 2 is 1.22 bits per heavy atom. The summed E-state index contributed by atoms with van der Waals surface area (Å²) in [6.45, 7) is 2.02. The molecule has 0 radical (unpaired) electrons. The van der Waals surface area contributed by atoms with E-state index < -0.39 is 0 Å². The molecule has 5 nitrogen and oxygen atoms in total. The second-order valence-corrected chi connectivity index (χ2v) is 5.96. The third-order valence-electron chi connectivity index (χ3n) is 4.60. The molecule has 4 bridgehead atoms. The van der Waals surface area contributed by atoms with E-state index in [4.69, 9.17) is 14.2 Å². The molecule has 0 amide bonds. The van der Waals surface area contributed by atoms with Crippen LogP contribution in [0.5, 0.6) is 11.8 Å². The second kappa shape index (κ2) is 6.54. The Labute approximate surface area is 135 Å². The summed E-state index contributed by atoms with van der Waals surface area (Å²) in [7, 11) is 0. The van der Waals surface area contributed by atoms with Gasteiger partial charge in [-0.15, -0.1) is 0 Å². The zero-order valence-corrected chi connectivity index (χ0v) is 13.0. The van der Waals surface area contributed by atoms with Gasteiger partial charge in [-0.05, 0) is 35.8 Å². The fourth-order valence-electron chi connectivity index (χ4n) is 3.20. The summed E-state index contributed by atoms with van der Waals surface area (Å²) >= 11 is 0. The lowest BCUT2D eigenvalue weighted by Crippen LogP contribution is -2.22. The minimum absolute atomic E-state index is 0.491. The summed E-state index contributed by atoms with van der Waals surface area (Å²) in [6.07, 6.45) is 6.27. The first-order chi connectivity index (χ1) is 11.4. The molecule has 120 valence electrons. The maximum atomic E-state index is 5.59. The molecule has 1 aliphatic carbocycles. The highest BCUT2D eigenvalue weighted by molar-refractivity contribution is 5.32. The first kappa shape index (κ1) is 14.5. The Morgan fingerprint density at radius 3 is 1.61 bits per heavy atom. The summed E-state index contributed by atoms with van der Waals surface area (Å²) in [5.41, 5.74) is 2.55. The van der Waals surface area contributed by atoms with E-state index in [1.165, 1.54) is 24.0 Å². The van der Waals surface area contributed by atoms with Gasteiger partial charge in [0.2, 0.25) is 11.8 Å². The SMILES string of the molecule is c1cc2ncc1C1CCC1c1ccc(nc1)OCCOCCO2. The topological polar surface area (TPSA) is 53.5 Å². The van der Waals surface area contributed by atoms with Crippen molar-refractivity contribution in [2.24, 2.45) is 0 Å². The average Bonchev–Trinajstić information content (AvgIpc) is 2.55. The van der Waals surface area contributed by atoms with Crippen LogP contribution in [0.4, 0.5) is 0 Å². The summed E-state index contributed by atoms with van der Waals surface area (Å²) in [4.78, 5) is 8.84. The van der Waals surface area contributed by atoms with Crippen LogP contribution < -0.4 is 9.47 Å². The number of fused-ring (bicyclic) bond motifs is 2. The molecule has 0 saturated heterocycles. The number of nitrogens with zero attached hydrogens (tertiary/aromatic N) is 2. The molecule has 0 N–H and O–H groups in total. The largest absolute Gasteiger partial charge is 0.475 e. The van der Waals surface area contributed by atoms with Gasteiger partial charge in [0.1, 0.15) is 13.2 Å². The quantitative estimate of drug-likeness (QED) is 0.748. The van der Waals surface area contributed by atoms with Crippen LogP contribution in [0.25, 0.3) is 0 Å². The summed E-state index contributed by atoms with van der Waals surface area (Å²) < 4.78 is 16.7. The fraction of sp³-hybridized carbons (Fsp3) is 0.444. The molecule has 3 aliphatic heterocycles. The molecule has 4 aliphatic rings. The molecule has 2 unspecified atom stereocenters. The molecule has 23 heavy (non-hydrogen) atoms. The number of pyridine rings is 2. The van der Waals surface area contributed by atoms with Crippen molar-refractivity contribution in [3.05, 3.63) is 47.8 Å². The highest BCUT2D eigenvalue weighted by atomic mass is 16.5. The van der Waals surface area contributed by atoms with Crippen LogP contribution in [-0.2, 0) is 4.74 Å². The highest BCUT2D eigenvalue weighted by Crippen LogP contribution is 2.48. The Balaban J connectivity index is 1.59. The lowest BCUT2D eigenvalue weighted by atomic mass is 9.67. The first-order valence-electron chi connectivity index (χ1n) is 8.15. The fourth-order valence-corrected chi connectivity index (χ4v) is 3.20. The van der Waals surface area contributed by atoms with Crippen LogP contribution in [0.2, 0.25) is 0 Å². The normalized spacial score (nSPS) is 24.0. The van der Waals surface area contributed by atoms with Gasteiger partial charge in [0.05, 0.1) is 13.2 Å². The van der Waals surface area contributed by atoms with Gasteiger partial charge in [-0.2, -0.15) is 0 Å². The van der Waals surface area contributed by atoms with Crippen LogP contribution in [0.15, 0.2) is 36.7 Å². The molecule has 5 heteroatoms. The number of ether oxygens (including phenoxy) is 3. The zero-order chi connectivity index (χ0) is 15.5. The Bertz CT molecular complexity index is 585. The third-order valence-corrected chi connectivity index (χ3v) is 4.60. The van der Waals surface area contributed by atoms with Crippen molar-refractivity contribution in [1.29, 1.82) is 0 Å². The number of rotatable bonds is 0. The Kier molecular flexibility index (Phi) is 4.11. The van der Waals surface area contributed by atoms with Gasteiger partial charge in [0.25, 0.3) is 0 Å². The summed E-state index contributed by atoms with van der Waals surface area (Å²) in [6, 6.07) is 8.16. The Hall–Kier alpha value is -2.14. The van der Waals surface area contributed by atoms with E-state index in [-0.39, 0.29) is 0 Å². The van der Waals surface area contributed by atoms with E-state index in [9.17, 15) is 0 Å². The van der Waals surface area contributed by atoms with Crippen LogP contribution in [0.1, 0.15) is 35.8 Å². The highest BCUT2D eigenvalue weighted by Gasteiger charge is 2.33. The minimum Gasteiger partial charge on any atom is -0.475 e. The van der Waals surface area contributed by atoms with Gasteiger partial charge < -0.3 is 14.2 Å².